The standard InChI is InChI=1S/C15H14FN3O2/c1-18-14(20)9-3-2-4-11(7-9)19-15(21)10-5-6-12(16)13(17)8-10/h2-8H,17H2,1H3,(H,18,20)(H,19,21). The SMILES string of the molecule is CNC(=O)c1cccc(NC(=O)c2ccc(F)c(N)c2)c1. The lowest BCUT2D eigenvalue weighted by Crippen LogP contribution is -2.18. The first kappa shape index (κ1) is 14.5. The summed E-state index contributed by atoms with van der Waals surface area (Å²) in [5, 5.41) is 5.12. The van der Waals surface area contributed by atoms with Crippen molar-refractivity contribution in [2.45, 2.75) is 0 Å². The van der Waals surface area contributed by atoms with Crippen molar-refractivity contribution in [1.29, 1.82) is 0 Å². The number of anilines is 2. The highest BCUT2D eigenvalue weighted by Crippen LogP contribution is 2.15. The van der Waals surface area contributed by atoms with Gasteiger partial charge in [-0.3, -0.25) is 9.59 Å². The van der Waals surface area contributed by atoms with Crippen LogP contribution >= 0.6 is 0 Å². The van der Waals surface area contributed by atoms with E-state index in [2.05, 4.69) is 10.6 Å². The number of rotatable bonds is 3. The van der Waals surface area contributed by atoms with E-state index in [1.165, 1.54) is 19.2 Å². The largest absolute Gasteiger partial charge is 0.396 e. The highest BCUT2D eigenvalue weighted by Gasteiger charge is 2.10. The number of halogens is 1. The van der Waals surface area contributed by atoms with Gasteiger partial charge in [0.1, 0.15) is 5.82 Å². The molecule has 0 heterocycles. The van der Waals surface area contributed by atoms with E-state index in [9.17, 15) is 14.0 Å². The number of nitrogen functional groups attached to an aromatic ring is 1. The van der Waals surface area contributed by atoms with Crippen molar-refractivity contribution in [2.24, 2.45) is 0 Å². The summed E-state index contributed by atoms with van der Waals surface area (Å²) in [6.45, 7) is 0. The van der Waals surface area contributed by atoms with E-state index in [4.69, 9.17) is 5.73 Å². The van der Waals surface area contributed by atoms with Crippen LogP contribution in [-0.4, -0.2) is 18.9 Å². The molecule has 2 aromatic rings. The Labute approximate surface area is 121 Å². The molecule has 0 aromatic heterocycles. The van der Waals surface area contributed by atoms with Gasteiger partial charge in [0.15, 0.2) is 0 Å². The molecule has 0 radical (unpaired) electrons. The normalized spacial score (nSPS) is 10.0. The van der Waals surface area contributed by atoms with E-state index < -0.39 is 11.7 Å². The fourth-order valence-electron chi connectivity index (χ4n) is 1.77. The lowest BCUT2D eigenvalue weighted by molar-refractivity contribution is 0.0961. The van der Waals surface area contributed by atoms with Gasteiger partial charge in [-0.15, -0.1) is 0 Å². The van der Waals surface area contributed by atoms with Crippen LogP contribution in [0.3, 0.4) is 0 Å². The topological polar surface area (TPSA) is 84.2 Å². The molecular weight excluding hydrogens is 273 g/mol. The smallest absolute Gasteiger partial charge is 0.255 e. The van der Waals surface area contributed by atoms with Gasteiger partial charge in [-0.2, -0.15) is 0 Å². The Bertz CT molecular complexity index is 701. The summed E-state index contributed by atoms with van der Waals surface area (Å²) in [7, 11) is 1.52. The van der Waals surface area contributed by atoms with Crippen LogP contribution in [0.5, 0.6) is 0 Å². The molecule has 0 fully saturated rings. The number of hydrogen-bond donors (Lipinski definition) is 3. The van der Waals surface area contributed by atoms with E-state index in [0.29, 0.717) is 11.3 Å². The van der Waals surface area contributed by atoms with Gasteiger partial charge >= 0.3 is 0 Å². The molecule has 4 N–H and O–H groups in total. The number of hydrogen-bond acceptors (Lipinski definition) is 3. The summed E-state index contributed by atoms with van der Waals surface area (Å²) < 4.78 is 13.1. The van der Waals surface area contributed by atoms with Gasteiger partial charge in [0.2, 0.25) is 0 Å². The minimum absolute atomic E-state index is 0.0956. The maximum absolute atomic E-state index is 13.1. The molecule has 0 unspecified atom stereocenters. The molecule has 0 aliphatic heterocycles. The number of nitrogens with one attached hydrogen (secondary N) is 2. The number of carbonyl (C=O) groups excluding carboxylic acids is 2. The number of benzene rings is 2. The van der Waals surface area contributed by atoms with E-state index in [1.54, 1.807) is 24.3 Å². The number of amides is 2. The summed E-state index contributed by atoms with van der Waals surface area (Å²) in [5.41, 5.74) is 6.45. The number of carbonyl (C=O) groups is 2. The van der Waals surface area contributed by atoms with Crippen molar-refractivity contribution in [3.63, 3.8) is 0 Å². The average Bonchev–Trinajstić information content (AvgIpc) is 2.49. The Morgan fingerprint density at radius 1 is 1.05 bits per heavy atom. The molecular formula is C15H14FN3O2. The summed E-state index contributed by atoms with van der Waals surface area (Å²) in [4.78, 5) is 23.6. The highest BCUT2D eigenvalue weighted by atomic mass is 19.1. The molecule has 0 saturated heterocycles. The molecule has 108 valence electrons. The quantitative estimate of drug-likeness (QED) is 0.755. The van der Waals surface area contributed by atoms with Crippen LogP contribution in [0, 0.1) is 5.82 Å². The minimum atomic E-state index is -0.576. The van der Waals surface area contributed by atoms with Gasteiger partial charge in [-0.25, -0.2) is 4.39 Å². The predicted octanol–water partition coefficient (Wildman–Crippen LogP) is 2.02. The lowest BCUT2D eigenvalue weighted by Gasteiger charge is -2.08. The molecule has 2 aromatic carbocycles. The zero-order valence-electron chi connectivity index (χ0n) is 11.3. The molecule has 6 heteroatoms. The molecule has 0 spiro atoms. The molecule has 0 aliphatic carbocycles. The Hall–Kier alpha value is -2.89. The summed E-state index contributed by atoms with van der Waals surface area (Å²) in [6.07, 6.45) is 0. The van der Waals surface area contributed by atoms with Gasteiger partial charge in [0, 0.05) is 23.9 Å². The van der Waals surface area contributed by atoms with E-state index in [-0.39, 0.29) is 17.2 Å². The van der Waals surface area contributed by atoms with Gasteiger partial charge < -0.3 is 16.4 Å². The second kappa shape index (κ2) is 6.04. The van der Waals surface area contributed by atoms with Gasteiger partial charge in [0.25, 0.3) is 11.8 Å². The summed E-state index contributed by atoms with van der Waals surface area (Å²) >= 11 is 0. The Balaban J connectivity index is 2.19. The summed E-state index contributed by atoms with van der Waals surface area (Å²) in [6, 6.07) is 10.2. The lowest BCUT2D eigenvalue weighted by atomic mass is 10.1. The third-order valence-electron chi connectivity index (χ3n) is 2.87. The van der Waals surface area contributed by atoms with Gasteiger partial charge in [-0.1, -0.05) is 6.07 Å². The molecule has 0 saturated carbocycles. The van der Waals surface area contributed by atoms with E-state index in [0.717, 1.165) is 6.07 Å². The van der Waals surface area contributed by atoms with Crippen molar-refractivity contribution in [1.82, 2.24) is 5.32 Å². The minimum Gasteiger partial charge on any atom is -0.396 e. The van der Waals surface area contributed by atoms with Crippen molar-refractivity contribution in [3.05, 3.63) is 59.4 Å². The van der Waals surface area contributed by atoms with Crippen molar-refractivity contribution in [3.8, 4) is 0 Å². The molecule has 2 rings (SSSR count). The van der Waals surface area contributed by atoms with Crippen LogP contribution < -0.4 is 16.4 Å². The first-order valence-electron chi connectivity index (χ1n) is 6.20. The Morgan fingerprint density at radius 3 is 2.43 bits per heavy atom. The monoisotopic (exact) mass is 287 g/mol. The fraction of sp³-hybridized carbons (Fsp3) is 0.0667. The zero-order chi connectivity index (χ0) is 15.4. The van der Waals surface area contributed by atoms with E-state index in [1.807, 2.05) is 0 Å². The van der Waals surface area contributed by atoms with Crippen LogP contribution in [-0.2, 0) is 0 Å². The first-order valence-corrected chi connectivity index (χ1v) is 6.20. The maximum atomic E-state index is 13.1. The van der Waals surface area contributed by atoms with Gasteiger partial charge in [-0.05, 0) is 36.4 Å². The highest BCUT2D eigenvalue weighted by molar-refractivity contribution is 6.05. The zero-order valence-corrected chi connectivity index (χ0v) is 11.3. The molecule has 21 heavy (non-hydrogen) atoms. The van der Waals surface area contributed by atoms with Crippen LogP contribution in [0.1, 0.15) is 20.7 Å². The second-order valence-corrected chi connectivity index (χ2v) is 4.35. The van der Waals surface area contributed by atoms with Crippen molar-refractivity contribution in [2.75, 3.05) is 18.1 Å². The average molecular weight is 287 g/mol. The maximum Gasteiger partial charge on any atom is 0.255 e. The van der Waals surface area contributed by atoms with Crippen LogP contribution in [0.15, 0.2) is 42.5 Å². The van der Waals surface area contributed by atoms with Crippen LogP contribution in [0.4, 0.5) is 15.8 Å². The third kappa shape index (κ3) is 3.36. The van der Waals surface area contributed by atoms with Crippen LogP contribution in [0.2, 0.25) is 0 Å². The molecule has 0 aliphatic rings. The Kier molecular flexibility index (Phi) is 4.18. The fourth-order valence-corrected chi connectivity index (χ4v) is 1.77. The van der Waals surface area contributed by atoms with Crippen molar-refractivity contribution < 1.29 is 14.0 Å². The predicted molar refractivity (Wildman–Crippen MR) is 78.6 cm³/mol. The van der Waals surface area contributed by atoms with Crippen LogP contribution in [0.25, 0.3) is 0 Å². The molecule has 0 atom stereocenters. The molecule has 5 nitrogen and oxygen atoms in total. The first-order chi connectivity index (χ1) is 10.0. The second-order valence-electron chi connectivity index (χ2n) is 4.35. The number of nitrogens with two attached hydrogens (primary N) is 1. The molecule has 2 amide bonds. The van der Waals surface area contributed by atoms with Crippen molar-refractivity contribution >= 4 is 23.2 Å². The van der Waals surface area contributed by atoms with E-state index >= 15 is 0 Å². The Morgan fingerprint density at radius 2 is 1.76 bits per heavy atom. The summed E-state index contributed by atoms with van der Waals surface area (Å²) in [5.74, 6) is -1.26. The third-order valence-corrected chi connectivity index (χ3v) is 2.87. The molecule has 0 bridgehead atoms. The van der Waals surface area contributed by atoms with Gasteiger partial charge in [0.05, 0.1) is 5.69 Å².